The fourth-order valence-corrected chi connectivity index (χ4v) is 4.75. The smallest absolute Gasteiger partial charge is 0.270 e. The molecule has 6 nitrogen and oxygen atoms in total. The zero-order valence-corrected chi connectivity index (χ0v) is 14.8. The van der Waals surface area contributed by atoms with E-state index in [0.717, 1.165) is 26.9 Å². The minimum absolute atomic E-state index is 0.0621. The van der Waals surface area contributed by atoms with Crippen LogP contribution in [0.1, 0.15) is 16.7 Å². The van der Waals surface area contributed by atoms with E-state index in [9.17, 15) is 10.1 Å². The summed E-state index contributed by atoms with van der Waals surface area (Å²) < 4.78 is 11.8. The third-order valence-electron chi connectivity index (χ3n) is 3.89. The van der Waals surface area contributed by atoms with Crippen LogP contribution in [0.4, 0.5) is 11.4 Å². The van der Waals surface area contributed by atoms with Gasteiger partial charge in [-0.15, -0.1) is 0 Å². The minimum atomic E-state index is -0.383. The van der Waals surface area contributed by atoms with E-state index < -0.39 is 0 Å². The van der Waals surface area contributed by atoms with Crippen LogP contribution in [0, 0.1) is 10.1 Å². The van der Waals surface area contributed by atoms with Gasteiger partial charge in [0.15, 0.2) is 6.79 Å². The van der Waals surface area contributed by atoms with Crippen molar-refractivity contribution in [2.24, 2.45) is 4.99 Å². The van der Waals surface area contributed by atoms with Gasteiger partial charge < -0.3 is 9.47 Å². The summed E-state index contributed by atoms with van der Waals surface area (Å²) in [5, 5.41) is 11.2. The molecule has 0 saturated heterocycles. The summed E-state index contributed by atoms with van der Waals surface area (Å²) in [4.78, 5) is 15.5. The van der Waals surface area contributed by atoms with Crippen molar-refractivity contribution in [1.82, 2.24) is 0 Å². The molecule has 2 aromatic rings. The molecule has 8 heteroatoms. The number of para-hydroxylation sites is 1. The number of benzene rings is 2. The normalized spacial score (nSPS) is 15.6. The lowest BCUT2D eigenvalue weighted by atomic mass is 10.1. The van der Waals surface area contributed by atoms with Gasteiger partial charge in [-0.25, -0.2) is 4.99 Å². The van der Waals surface area contributed by atoms with E-state index in [1.807, 2.05) is 18.2 Å². The van der Waals surface area contributed by atoms with Gasteiger partial charge in [0, 0.05) is 34.8 Å². The molecule has 25 heavy (non-hydrogen) atoms. The monoisotopic (exact) mass is 374 g/mol. The molecule has 0 aliphatic carbocycles. The lowest BCUT2D eigenvalue weighted by Crippen LogP contribution is -2.13. The number of hydrogen-bond acceptors (Lipinski definition) is 7. The number of nitro benzene ring substituents is 1. The van der Waals surface area contributed by atoms with Crippen molar-refractivity contribution in [1.29, 1.82) is 0 Å². The summed E-state index contributed by atoms with van der Waals surface area (Å²) >= 11 is 3.26. The maximum atomic E-state index is 11.2. The highest BCUT2D eigenvalue weighted by atomic mass is 32.2. The summed E-state index contributed by atoms with van der Waals surface area (Å²) in [5.74, 6) is 2.16. The fourth-order valence-electron chi connectivity index (χ4n) is 2.72. The molecular weight excluding hydrogens is 360 g/mol. The Kier molecular flexibility index (Phi) is 4.65. The second kappa shape index (κ2) is 7.07. The highest BCUT2D eigenvalue weighted by Gasteiger charge is 2.22. The number of aliphatic imine (C=N–C) groups is 1. The van der Waals surface area contributed by atoms with Crippen molar-refractivity contribution < 1.29 is 14.4 Å². The van der Waals surface area contributed by atoms with Crippen LogP contribution >= 0.6 is 23.5 Å². The molecule has 2 aliphatic rings. The maximum absolute atomic E-state index is 11.2. The number of rotatable bonds is 3. The average Bonchev–Trinajstić information content (AvgIpc) is 2.65. The van der Waals surface area contributed by atoms with Crippen LogP contribution < -0.4 is 4.74 Å². The third kappa shape index (κ3) is 3.51. The molecule has 2 heterocycles. The van der Waals surface area contributed by atoms with Gasteiger partial charge in [0.2, 0.25) is 0 Å². The molecule has 0 fully saturated rings. The van der Waals surface area contributed by atoms with Crippen LogP contribution in [0.2, 0.25) is 0 Å². The SMILES string of the molecule is O=[N+]([O-])c1cc2c(c(CSC3=Nc4ccccc4CS3)c1)OCOC2. The number of hydrogen-bond donors (Lipinski definition) is 0. The van der Waals surface area contributed by atoms with Crippen molar-refractivity contribution in [2.75, 3.05) is 6.79 Å². The largest absolute Gasteiger partial charge is 0.467 e. The average molecular weight is 374 g/mol. The van der Waals surface area contributed by atoms with Crippen molar-refractivity contribution in [3.63, 3.8) is 0 Å². The van der Waals surface area contributed by atoms with Gasteiger partial charge in [0.05, 0.1) is 17.2 Å². The number of nitro groups is 1. The van der Waals surface area contributed by atoms with E-state index in [-0.39, 0.29) is 17.4 Å². The Morgan fingerprint density at radius 2 is 2.16 bits per heavy atom. The molecular formula is C17H14N2O4S2. The Morgan fingerprint density at radius 1 is 1.28 bits per heavy atom. The standard InChI is InChI=1S/C17H14N2O4S2/c20-19(21)14-5-12-7-22-10-23-16(12)13(6-14)9-25-17-18-15-4-2-1-3-11(15)8-24-17/h1-6H,7-10H2. The molecule has 128 valence electrons. The van der Waals surface area contributed by atoms with Gasteiger partial charge in [0.1, 0.15) is 10.1 Å². The molecule has 0 spiro atoms. The molecule has 0 amide bonds. The number of nitrogens with zero attached hydrogens (tertiary/aromatic N) is 2. The molecule has 0 bridgehead atoms. The molecule has 0 radical (unpaired) electrons. The first-order valence-corrected chi connectivity index (χ1v) is 9.61. The van der Waals surface area contributed by atoms with Crippen molar-refractivity contribution in [3.05, 3.63) is 63.2 Å². The van der Waals surface area contributed by atoms with Crippen LogP contribution in [-0.2, 0) is 22.8 Å². The van der Waals surface area contributed by atoms with Crippen LogP contribution in [0.3, 0.4) is 0 Å². The van der Waals surface area contributed by atoms with Gasteiger partial charge in [0.25, 0.3) is 5.69 Å². The van der Waals surface area contributed by atoms with Crippen LogP contribution in [0.25, 0.3) is 0 Å². The van der Waals surface area contributed by atoms with E-state index in [1.54, 1.807) is 29.6 Å². The summed E-state index contributed by atoms with van der Waals surface area (Å²) in [7, 11) is 0. The lowest BCUT2D eigenvalue weighted by Gasteiger charge is -2.21. The number of thioether (sulfide) groups is 2. The van der Waals surface area contributed by atoms with Crippen molar-refractivity contribution in [2.45, 2.75) is 18.1 Å². The van der Waals surface area contributed by atoms with Crippen molar-refractivity contribution in [3.8, 4) is 5.75 Å². The molecule has 2 aromatic carbocycles. The first-order valence-electron chi connectivity index (χ1n) is 7.63. The van der Waals surface area contributed by atoms with Crippen LogP contribution in [0.15, 0.2) is 41.4 Å². The first-order chi connectivity index (χ1) is 12.2. The highest BCUT2D eigenvalue weighted by molar-refractivity contribution is 8.38. The molecule has 0 N–H and O–H groups in total. The van der Waals surface area contributed by atoms with E-state index in [2.05, 4.69) is 11.1 Å². The predicted octanol–water partition coefficient (Wildman–Crippen LogP) is 4.63. The molecule has 0 atom stereocenters. The number of ether oxygens (including phenoxy) is 2. The Hall–Kier alpha value is -2.03. The fraction of sp³-hybridized carbons (Fsp3) is 0.235. The zero-order chi connectivity index (χ0) is 17.2. The number of non-ortho nitro benzene ring substituents is 1. The number of fused-ring (bicyclic) bond motifs is 2. The highest BCUT2D eigenvalue weighted by Crippen LogP contribution is 2.39. The molecule has 0 unspecified atom stereocenters. The van der Waals surface area contributed by atoms with E-state index in [1.165, 1.54) is 11.6 Å². The first kappa shape index (κ1) is 16.4. The second-order valence-corrected chi connectivity index (χ2v) is 7.73. The molecule has 4 rings (SSSR count). The molecule has 2 aliphatic heterocycles. The van der Waals surface area contributed by atoms with Gasteiger partial charge in [-0.3, -0.25) is 10.1 Å². The Labute approximate surface area is 152 Å². The zero-order valence-electron chi connectivity index (χ0n) is 13.1. The van der Waals surface area contributed by atoms with Crippen molar-refractivity contribution >= 4 is 39.3 Å². The lowest BCUT2D eigenvalue weighted by molar-refractivity contribution is -0.385. The predicted molar refractivity (Wildman–Crippen MR) is 99.5 cm³/mol. The van der Waals surface area contributed by atoms with E-state index in [4.69, 9.17) is 9.47 Å². The second-order valence-electron chi connectivity index (χ2n) is 5.54. The summed E-state index contributed by atoms with van der Waals surface area (Å²) in [6, 6.07) is 11.2. The van der Waals surface area contributed by atoms with E-state index >= 15 is 0 Å². The van der Waals surface area contributed by atoms with E-state index in [0.29, 0.717) is 18.1 Å². The summed E-state index contributed by atoms with van der Waals surface area (Å²) in [5.41, 5.74) is 3.81. The van der Waals surface area contributed by atoms with Crippen LogP contribution in [0.5, 0.6) is 5.75 Å². The van der Waals surface area contributed by atoms with Gasteiger partial charge >= 0.3 is 0 Å². The molecule has 0 saturated carbocycles. The Morgan fingerprint density at radius 3 is 3.04 bits per heavy atom. The summed E-state index contributed by atoms with van der Waals surface area (Å²) in [6.07, 6.45) is 0. The molecule has 0 aromatic heterocycles. The maximum Gasteiger partial charge on any atom is 0.270 e. The Balaban J connectivity index is 1.58. The quantitative estimate of drug-likeness (QED) is 0.576. The third-order valence-corrected chi connectivity index (χ3v) is 6.18. The Bertz CT molecular complexity index is 870. The minimum Gasteiger partial charge on any atom is -0.467 e. The summed E-state index contributed by atoms with van der Waals surface area (Å²) in [6.45, 7) is 0.503. The van der Waals surface area contributed by atoms with Gasteiger partial charge in [-0.05, 0) is 11.6 Å². The topological polar surface area (TPSA) is 74.0 Å². The van der Waals surface area contributed by atoms with Gasteiger partial charge in [-0.2, -0.15) is 0 Å². The van der Waals surface area contributed by atoms with Crippen LogP contribution in [-0.4, -0.2) is 16.1 Å². The van der Waals surface area contributed by atoms with Gasteiger partial charge in [-0.1, -0.05) is 41.7 Å².